The number of nitrogens with zero attached hydrogens (tertiary/aromatic N) is 6. The fourth-order valence-corrected chi connectivity index (χ4v) is 3.82. The minimum Gasteiger partial charge on any atom is -0.306 e. The molecule has 9 nitrogen and oxygen atoms in total. The Labute approximate surface area is 183 Å². The molecule has 2 aromatic carbocycles. The Hall–Kier alpha value is -3.50. The number of anilines is 1. The van der Waals surface area contributed by atoms with E-state index in [9.17, 15) is 10.1 Å². The second-order valence-electron chi connectivity index (χ2n) is 7.11. The summed E-state index contributed by atoms with van der Waals surface area (Å²) in [4.78, 5) is 17.3. The van der Waals surface area contributed by atoms with Gasteiger partial charge >= 0.3 is 0 Å². The third kappa shape index (κ3) is 5.36. The van der Waals surface area contributed by atoms with Crippen molar-refractivity contribution in [3.8, 4) is 11.3 Å². The third-order valence-corrected chi connectivity index (χ3v) is 5.69. The van der Waals surface area contributed by atoms with Crippen LogP contribution in [0.3, 0.4) is 0 Å². The lowest BCUT2D eigenvalue weighted by molar-refractivity contribution is -0.384. The van der Waals surface area contributed by atoms with E-state index in [1.807, 2.05) is 30.3 Å². The number of rotatable bonds is 6. The van der Waals surface area contributed by atoms with E-state index in [1.165, 1.54) is 23.5 Å². The summed E-state index contributed by atoms with van der Waals surface area (Å²) >= 11 is 1.36. The average Bonchev–Trinajstić information content (AvgIpc) is 3.21. The molecule has 0 unspecified atom stereocenters. The van der Waals surface area contributed by atoms with Crippen LogP contribution in [-0.4, -0.2) is 40.7 Å². The van der Waals surface area contributed by atoms with E-state index >= 15 is 0 Å². The molecule has 4 rings (SSSR count). The molecule has 0 amide bonds. The van der Waals surface area contributed by atoms with E-state index in [4.69, 9.17) is 0 Å². The minimum atomic E-state index is -0.443. The van der Waals surface area contributed by atoms with E-state index < -0.39 is 4.92 Å². The van der Waals surface area contributed by atoms with Gasteiger partial charge in [-0.15, -0.1) is 10.2 Å². The Morgan fingerprint density at radius 3 is 2.45 bits per heavy atom. The zero-order valence-electron chi connectivity index (χ0n) is 16.9. The Balaban J connectivity index is 1.58. The number of hydrogen-bond acceptors (Lipinski definition) is 9. The van der Waals surface area contributed by atoms with Crippen molar-refractivity contribution in [1.29, 1.82) is 0 Å². The van der Waals surface area contributed by atoms with Crippen LogP contribution in [0.5, 0.6) is 0 Å². The van der Waals surface area contributed by atoms with Gasteiger partial charge in [-0.25, -0.2) is 4.98 Å². The van der Waals surface area contributed by atoms with Crippen molar-refractivity contribution in [1.82, 2.24) is 9.88 Å². The summed E-state index contributed by atoms with van der Waals surface area (Å²) in [6.07, 6.45) is 1.88. The molecule has 1 fully saturated rings. The SMILES string of the molecule is CN1CCC(=NNc2nc(-c3ccccc3)c(N=Nc3ccc([N+](=O)[O-])cc3)s2)CC1. The summed E-state index contributed by atoms with van der Waals surface area (Å²) in [6.45, 7) is 2.00. The van der Waals surface area contributed by atoms with Crippen molar-refractivity contribution < 1.29 is 4.92 Å². The number of azo groups is 1. The maximum atomic E-state index is 10.8. The summed E-state index contributed by atoms with van der Waals surface area (Å²) in [6, 6.07) is 15.7. The lowest BCUT2D eigenvalue weighted by Gasteiger charge is -2.22. The van der Waals surface area contributed by atoms with E-state index in [0.717, 1.165) is 37.2 Å². The number of benzene rings is 2. The molecule has 10 heteroatoms. The highest BCUT2D eigenvalue weighted by Crippen LogP contribution is 2.39. The number of likely N-dealkylation sites (tertiary alicyclic amines) is 1. The van der Waals surface area contributed by atoms with Crippen molar-refractivity contribution in [3.05, 3.63) is 64.7 Å². The number of hydrazone groups is 1. The van der Waals surface area contributed by atoms with Gasteiger partial charge in [-0.1, -0.05) is 41.7 Å². The normalized spacial score (nSPS) is 14.7. The van der Waals surface area contributed by atoms with E-state index in [0.29, 0.717) is 21.5 Å². The number of hydrogen-bond donors (Lipinski definition) is 1. The van der Waals surface area contributed by atoms with Gasteiger partial charge in [-0.05, 0) is 19.2 Å². The van der Waals surface area contributed by atoms with Crippen LogP contribution < -0.4 is 5.43 Å². The summed E-state index contributed by atoms with van der Waals surface area (Å²) in [7, 11) is 2.11. The Morgan fingerprint density at radius 2 is 1.77 bits per heavy atom. The Kier molecular flexibility index (Phi) is 6.39. The fraction of sp³-hybridized carbons (Fsp3) is 0.238. The first-order valence-corrected chi connectivity index (χ1v) is 10.6. The standard InChI is InChI=1S/C21H21N7O2S/c1-27-13-11-17(12-14-27)24-26-21-22-19(15-5-3-2-4-6-15)20(31-21)25-23-16-7-9-18(10-8-16)28(29)30/h2-10H,11-14H2,1H3,(H,22,26). The highest BCUT2D eigenvalue weighted by Gasteiger charge is 2.15. The van der Waals surface area contributed by atoms with Crippen LogP contribution in [0, 0.1) is 10.1 Å². The predicted molar refractivity (Wildman–Crippen MR) is 123 cm³/mol. The summed E-state index contributed by atoms with van der Waals surface area (Å²) in [5.41, 5.74) is 6.39. The topological polar surface area (TPSA) is 108 Å². The van der Waals surface area contributed by atoms with E-state index in [-0.39, 0.29) is 5.69 Å². The van der Waals surface area contributed by atoms with Crippen LogP contribution in [0.2, 0.25) is 0 Å². The first kappa shape index (κ1) is 20.8. The number of non-ortho nitro benzene ring substituents is 1. The summed E-state index contributed by atoms with van der Waals surface area (Å²) in [5.74, 6) is 0. The minimum absolute atomic E-state index is 0.0150. The summed E-state index contributed by atoms with van der Waals surface area (Å²) in [5, 5.41) is 25.2. The van der Waals surface area contributed by atoms with Gasteiger partial charge in [0.2, 0.25) is 5.13 Å². The van der Waals surface area contributed by atoms with Gasteiger partial charge in [-0.2, -0.15) is 5.10 Å². The van der Waals surface area contributed by atoms with Crippen molar-refractivity contribution in [2.75, 3.05) is 25.6 Å². The molecule has 2 heterocycles. The first-order chi connectivity index (χ1) is 15.1. The Morgan fingerprint density at radius 1 is 1.06 bits per heavy atom. The molecule has 1 aliphatic heterocycles. The molecule has 1 saturated heterocycles. The summed E-state index contributed by atoms with van der Waals surface area (Å²) < 4.78 is 0. The van der Waals surface area contributed by atoms with E-state index in [1.54, 1.807) is 12.1 Å². The molecule has 1 aliphatic rings. The fourth-order valence-electron chi connectivity index (χ4n) is 3.07. The second-order valence-corrected chi connectivity index (χ2v) is 8.08. The number of nitro benzene ring substituents is 1. The number of nitro groups is 1. The molecule has 158 valence electrons. The lowest BCUT2D eigenvalue weighted by atomic mass is 10.1. The smallest absolute Gasteiger partial charge is 0.269 e. The quantitative estimate of drug-likeness (QED) is 0.307. The van der Waals surface area contributed by atoms with Crippen LogP contribution in [0.1, 0.15) is 12.8 Å². The molecule has 0 atom stereocenters. The maximum absolute atomic E-state index is 10.8. The Bertz CT molecular complexity index is 1100. The highest BCUT2D eigenvalue weighted by atomic mass is 32.1. The van der Waals surface area contributed by atoms with Crippen molar-refractivity contribution in [2.24, 2.45) is 15.3 Å². The van der Waals surface area contributed by atoms with Crippen LogP contribution in [0.4, 0.5) is 21.5 Å². The molecule has 31 heavy (non-hydrogen) atoms. The molecule has 1 N–H and O–H groups in total. The molecule has 1 aromatic heterocycles. The average molecular weight is 436 g/mol. The maximum Gasteiger partial charge on any atom is 0.269 e. The monoisotopic (exact) mass is 435 g/mol. The molecule has 0 radical (unpaired) electrons. The van der Waals surface area contributed by atoms with Crippen molar-refractivity contribution in [3.63, 3.8) is 0 Å². The van der Waals surface area contributed by atoms with Crippen LogP contribution in [-0.2, 0) is 0 Å². The highest BCUT2D eigenvalue weighted by molar-refractivity contribution is 7.19. The number of nitrogens with one attached hydrogen (secondary N) is 1. The molecule has 0 aliphatic carbocycles. The molecular formula is C21H21N7O2S. The molecule has 0 spiro atoms. The zero-order valence-corrected chi connectivity index (χ0v) is 17.7. The van der Waals surface area contributed by atoms with Crippen LogP contribution in [0.15, 0.2) is 69.9 Å². The first-order valence-electron chi connectivity index (χ1n) is 9.81. The predicted octanol–water partition coefficient (Wildman–Crippen LogP) is 5.63. The number of thiazole rings is 1. The van der Waals surface area contributed by atoms with E-state index in [2.05, 4.69) is 37.7 Å². The van der Waals surface area contributed by atoms with Gasteiger partial charge in [0.1, 0.15) is 5.69 Å². The zero-order chi connectivity index (χ0) is 21.6. The van der Waals surface area contributed by atoms with Crippen LogP contribution in [0.25, 0.3) is 11.3 Å². The molecule has 0 saturated carbocycles. The van der Waals surface area contributed by atoms with Gasteiger partial charge in [0, 0.05) is 49.3 Å². The van der Waals surface area contributed by atoms with Gasteiger partial charge in [-0.3, -0.25) is 15.5 Å². The lowest BCUT2D eigenvalue weighted by Crippen LogP contribution is -2.30. The van der Waals surface area contributed by atoms with Gasteiger partial charge < -0.3 is 4.90 Å². The molecule has 3 aromatic rings. The number of aromatic nitrogens is 1. The second kappa shape index (κ2) is 9.54. The van der Waals surface area contributed by atoms with Gasteiger partial charge in [0.15, 0.2) is 5.00 Å². The van der Waals surface area contributed by atoms with Crippen molar-refractivity contribution in [2.45, 2.75) is 12.8 Å². The van der Waals surface area contributed by atoms with Gasteiger partial charge in [0.05, 0.1) is 10.6 Å². The number of piperidine rings is 1. The molecule has 0 bridgehead atoms. The largest absolute Gasteiger partial charge is 0.306 e. The van der Waals surface area contributed by atoms with Gasteiger partial charge in [0.25, 0.3) is 5.69 Å². The molecular weight excluding hydrogens is 414 g/mol. The van der Waals surface area contributed by atoms with Crippen molar-refractivity contribution >= 4 is 38.6 Å². The third-order valence-electron chi connectivity index (χ3n) is 4.85. The van der Waals surface area contributed by atoms with Crippen LogP contribution >= 0.6 is 11.3 Å².